The van der Waals surface area contributed by atoms with Crippen LogP contribution in [0.15, 0.2) is 42.5 Å². The summed E-state index contributed by atoms with van der Waals surface area (Å²) in [5, 5.41) is 2.93. The van der Waals surface area contributed by atoms with E-state index in [9.17, 15) is 4.57 Å². The van der Waals surface area contributed by atoms with Gasteiger partial charge in [-0.1, -0.05) is 6.07 Å². The predicted molar refractivity (Wildman–Crippen MR) is 86.7 cm³/mol. The van der Waals surface area contributed by atoms with E-state index in [1.807, 2.05) is 32.0 Å². The van der Waals surface area contributed by atoms with Crippen LogP contribution in [-0.2, 0) is 4.57 Å². The van der Waals surface area contributed by atoms with Gasteiger partial charge in [-0.05, 0) is 61.4 Å². The summed E-state index contributed by atoms with van der Waals surface area (Å²) in [7, 11) is -1.38. The van der Waals surface area contributed by atoms with Crippen molar-refractivity contribution in [3.63, 3.8) is 0 Å². The molecular formula is C16H20NO3P. The Morgan fingerprint density at radius 2 is 1.52 bits per heavy atom. The summed E-state index contributed by atoms with van der Waals surface area (Å²) < 4.78 is 23.3. The Morgan fingerprint density at radius 3 is 2.05 bits per heavy atom. The monoisotopic (exact) mass is 305 g/mol. The van der Waals surface area contributed by atoms with E-state index in [1.165, 1.54) is 0 Å². The van der Waals surface area contributed by atoms with E-state index in [2.05, 4.69) is 5.09 Å². The highest BCUT2D eigenvalue weighted by molar-refractivity contribution is 7.60. The molecular weight excluding hydrogens is 285 g/mol. The fraction of sp³-hybridized carbons (Fsp3) is 0.250. The third-order valence-electron chi connectivity index (χ3n) is 2.90. The summed E-state index contributed by atoms with van der Waals surface area (Å²) >= 11 is 0. The first kappa shape index (κ1) is 15.5. The number of benzene rings is 2. The fourth-order valence-corrected chi connectivity index (χ4v) is 3.28. The normalized spacial score (nSPS) is 13.3. The number of methoxy groups -OCH3 is 1. The predicted octanol–water partition coefficient (Wildman–Crippen LogP) is 4.63. The Kier molecular flexibility index (Phi) is 4.59. The Hall–Kier alpha value is -1.93. The van der Waals surface area contributed by atoms with Crippen LogP contribution in [0.2, 0.25) is 0 Å². The molecule has 0 aliphatic heterocycles. The van der Waals surface area contributed by atoms with Crippen molar-refractivity contribution in [2.45, 2.75) is 13.8 Å². The number of ether oxygens (including phenoxy) is 1. The van der Waals surface area contributed by atoms with Gasteiger partial charge < -0.3 is 14.3 Å². The van der Waals surface area contributed by atoms with Gasteiger partial charge in [0, 0.05) is 12.4 Å². The molecule has 5 heteroatoms. The summed E-state index contributed by atoms with van der Waals surface area (Å²) in [5.41, 5.74) is 2.88. The van der Waals surface area contributed by atoms with E-state index in [4.69, 9.17) is 9.26 Å². The maximum Gasteiger partial charge on any atom is 0.338 e. The first-order chi connectivity index (χ1) is 9.88. The van der Waals surface area contributed by atoms with Crippen molar-refractivity contribution in [3.05, 3.63) is 53.6 Å². The molecule has 0 aromatic heterocycles. The molecule has 4 nitrogen and oxygen atoms in total. The molecule has 112 valence electrons. The van der Waals surface area contributed by atoms with Gasteiger partial charge in [0.1, 0.15) is 11.5 Å². The number of hydrogen-bond donors (Lipinski definition) is 1. The third kappa shape index (κ3) is 4.54. The quantitative estimate of drug-likeness (QED) is 0.818. The van der Waals surface area contributed by atoms with Gasteiger partial charge in [-0.3, -0.25) is 4.57 Å². The summed E-state index contributed by atoms with van der Waals surface area (Å²) in [6.45, 7) is 5.53. The molecule has 1 N–H and O–H groups in total. The van der Waals surface area contributed by atoms with Gasteiger partial charge in [0.25, 0.3) is 0 Å². The molecule has 21 heavy (non-hydrogen) atoms. The molecule has 0 bridgehead atoms. The molecule has 0 saturated carbocycles. The van der Waals surface area contributed by atoms with Crippen LogP contribution in [0.1, 0.15) is 11.1 Å². The summed E-state index contributed by atoms with van der Waals surface area (Å²) in [6.07, 6.45) is 0. The molecule has 0 heterocycles. The van der Waals surface area contributed by atoms with Crippen molar-refractivity contribution in [2.24, 2.45) is 0 Å². The molecule has 0 aliphatic rings. The molecule has 2 aromatic carbocycles. The second-order valence-electron chi connectivity index (χ2n) is 5.10. The SMILES string of the molecule is COc1ccc(NP(C)(=O)Oc2cc(C)cc(C)c2)cc1. The lowest BCUT2D eigenvalue weighted by Crippen LogP contribution is -2.02. The van der Waals surface area contributed by atoms with Gasteiger partial charge >= 0.3 is 7.52 Å². The standard InChI is InChI=1S/C16H20NO3P/c1-12-9-13(2)11-16(10-12)20-21(4,18)17-14-5-7-15(19-3)8-6-14/h5-11H,1-4H3,(H,17,18). The van der Waals surface area contributed by atoms with Crippen LogP contribution in [0, 0.1) is 13.8 Å². The highest BCUT2D eigenvalue weighted by Gasteiger charge is 2.17. The first-order valence-electron chi connectivity index (χ1n) is 6.66. The van der Waals surface area contributed by atoms with Crippen molar-refractivity contribution >= 4 is 13.2 Å². The van der Waals surface area contributed by atoms with E-state index in [1.54, 1.807) is 38.0 Å². The van der Waals surface area contributed by atoms with Crippen LogP contribution in [0.5, 0.6) is 11.5 Å². The lowest BCUT2D eigenvalue weighted by atomic mass is 10.1. The van der Waals surface area contributed by atoms with Gasteiger partial charge in [-0.2, -0.15) is 0 Å². The minimum absolute atomic E-state index is 0.611. The van der Waals surface area contributed by atoms with E-state index in [0.717, 1.165) is 22.6 Å². The zero-order valence-corrected chi connectivity index (χ0v) is 13.6. The van der Waals surface area contributed by atoms with Crippen molar-refractivity contribution in [1.29, 1.82) is 0 Å². The van der Waals surface area contributed by atoms with Crippen LogP contribution in [0.4, 0.5) is 5.69 Å². The Morgan fingerprint density at radius 1 is 0.952 bits per heavy atom. The van der Waals surface area contributed by atoms with Crippen LogP contribution in [0.3, 0.4) is 0 Å². The molecule has 1 atom stereocenters. The topological polar surface area (TPSA) is 47.6 Å². The average Bonchev–Trinajstić information content (AvgIpc) is 2.37. The summed E-state index contributed by atoms with van der Waals surface area (Å²) in [5.74, 6) is 1.36. The zero-order valence-electron chi connectivity index (χ0n) is 12.7. The molecule has 0 radical (unpaired) electrons. The minimum atomic E-state index is -2.99. The second kappa shape index (κ2) is 6.23. The summed E-state index contributed by atoms with van der Waals surface area (Å²) in [4.78, 5) is 0. The van der Waals surface area contributed by atoms with Crippen molar-refractivity contribution in [1.82, 2.24) is 0 Å². The number of rotatable bonds is 5. The lowest BCUT2D eigenvalue weighted by molar-refractivity contribution is 0.415. The van der Waals surface area contributed by atoms with Crippen molar-refractivity contribution < 1.29 is 13.8 Å². The molecule has 2 rings (SSSR count). The molecule has 0 aliphatic carbocycles. The number of nitrogens with one attached hydrogen (secondary N) is 1. The van der Waals surface area contributed by atoms with Gasteiger partial charge in [-0.15, -0.1) is 0 Å². The number of hydrogen-bond acceptors (Lipinski definition) is 3. The van der Waals surface area contributed by atoms with Crippen molar-refractivity contribution in [3.8, 4) is 11.5 Å². The third-order valence-corrected chi connectivity index (χ3v) is 4.12. The average molecular weight is 305 g/mol. The smallest absolute Gasteiger partial charge is 0.338 e. The van der Waals surface area contributed by atoms with Gasteiger partial charge in [0.15, 0.2) is 0 Å². The maximum atomic E-state index is 12.6. The van der Waals surface area contributed by atoms with Crippen LogP contribution in [-0.4, -0.2) is 13.8 Å². The van der Waals surface area contributed by atoms with E-state index < -0.39 is 7.52 Å². The number of aryl methyl sites for hydroxylation is 2. The molecule has 0 amide bonds. The van der Waals surface area contributed by atoms with Crippen LogP contribution in [0.25, 0.3) is 0 Å². The van der Waals surface area contributed by atoms with E-state index in [-0.39, 0.29) is 0 Å². The first-order valence-corrected chi connectivity index (χ1v) is 8.73. The molecule has 0 saturated heterocycles. The number of anilines is 1. The van der Waals surface area contributed by atoms with Crippen LogP contribution < -0.4 is 14.3 Å². The highest BCUT2D eigenvalue weighted by atomic mass is 31.2. The second-order valence-corrected chi connectivity index (χ2v) is 7.20. The molecule has 2 aromatic rings. The minimum Gasteiger partial charge on any atom is -0.497 e. The Balaban J connectivity index is 2.11. The Labute approximate surface area is 125 Å². The van der Waals surface area contributed by atoms with Gasteiger partial charge in [-0.25, -0.2) is 0 Å². The molecule has 0 spiro atoms. The largest absolute Gasteiger partial charge is 0.497 e. The van der Waals surface area contributed by atoms with E-state index >= 15 is 0 Å². The zero-order chi connectivity index (χ0) is 15.5. The summed E-state index contributed by atoms with van der Waals surface area (Å²) in [6, 6.07) is 13.0. The van der Waals surface area contributed by atoms with Gasteiger partial charge in [0.2, 0.25) is 0 Å². The van der Waals surface area contributed by atoms with Crippen molar-refractivity contribution in [2.75, 3.05) is 18.9 Å². The lowest BCUT2D eigenvalue weighted by Gasteiger charge is -2.18. The highest BCUT2D eigenvalue weighted by Crippen LogP contribution is 2.43. The Bertz CT molecular complexity index is 647. The maximum absolute atomic E-state index is 12.6. The molecule has 1 unspecified atom stereocenters. The fourth-order valence-electron chi connectivity index (χ4n) is 2.11. The van der Waals surface area contributed by atoms with E-state index in [0.29, 0.717) is 5.75 Å². The van der Waals surface area contributed by atoms with Gasteiger partial charge in [0.05, 0.1) is 7.11 Å². The van der Waals surface area contributed by atoms with Crippen LogP contribution >= 0.6 is 7.52 Å². The molecule has 0 fully saturated rings.